The van der Waals surface area contributed by atoms with Gasteiger partial charge < -0.3 is 10.8 Å². The van der Waals surface area contributed by atoms with Crippen LogP contribution in [0.4, 0.5) is 0 Å². The first-order chi connectivity index (χ1) is 6.96. The summed E-state index contributed by atoms with van der Waals surface area (Å²) in [6.45, 7) is 2.10. The smallest absolute Gasteiger partial charge is 0.303 e. The summed E-state index contributed by atoms with van der Waals surface area (Å²) in [6, 6.07) is 0. The van der Waals surface area contributed by atoms with E-state index in [1.54, 1.807) is 0 Å². The fraction of sp³-hybridized carbons (Fsp3) is 0.917. The molecule has 0 aliphatic heterocycles. The number of nitrogens with two attached hydrogens (primary N) is 1. The summed E-state index contributed by atoms with van der Waals surface area (Å²) in [6.07, 6.45) is 7.01. The number of aliphatic carboxylic acids is 1. The lowest BCUT2D eigenvalue weighted by Crippen LogP contribution is -2.53. The van der Waals surface area contributed by atoms with E-state index in [0.717, 1.165) is 38.5 Å². The lowest BCUT2D eigenvalue weighted by Gasteiger charge is -2.54. The first kappa shape index (κ1) is 10.9. The molecule has 0 amide bonds. The van der Waals surface area contributed by atoms with Gasteiger partial charge in [-0.15, -0.1) is 0 Å². The minimum atomic E-state index is -0.660. The van der Waals surface area contributed by atoms with Crippen LogP contribution in [-0.2, 0) is 4.79 Å². The van der Waals surface area contributed by atoms with Crippen molar-refractivity contribution in [3.05, 3.63) is 0 Å². The van der Waals surface area contributed by atoms with E-state index in [9.17, 15) is 4.79 Å². The quantitative estimate of drug-likeness (QED) is 0.751. The van der Waals surface area contributed by atoms with Gasteiger partial charge in [0.2, 0.25) is 0 Å². The van der Waals surface area contributed by atoms with Gasteiger partial charge in [-0.05, 0) is 49.9 Å². The monoisotopic (exact) mass is 211 g/mol. The van der Waals surface area contributed by atoms with Gasteiger partial charge in [0, 0.05) is 12.0 Å². The van der Waals surface area contributed by atoms with Crippen molar-refractivity contribution in [3.8, 4) is 0 Å². The first-order valence-corrected chi connectivity index (χ1v) is 5.97. The zero-order valence-electron chi connectivity index (χ0n) is 9.46. The van der Waals surface area contributed by atoms with E-state index in [0.29, 0.717) is 17.8 Å². The third-order valence-corrected chi connectivity index (χ3v) is 4.89. The van der Waals surface area contributed by atoms with Crippen molar-refractivity contribution in [2.45, 2.75) is 57.4 Å². The SMILES string of the molecule is C[C@H](CC(=O)O)C12CCC(N)(CC1)CC2. The number of hydrogen-bond acceptors (Lipinski definition) is 2. The third-order valence-electron chi connectivity index (χ3n) is 4.89. The Bertz CT molecular complexity index is 250. The highest BCUT2D eigenvalue weighted by atomic mass is 16.4. The molecule has 0 radical (unpaired) electrons. The lowest BCUT2D eigenvalue weighted by molar-refractivity contribution is -0.140. The summed E-state index contributed by atoms with van der Waals surface area (Å²) in [5.41, 5.74) is 6.62. The van der Waals surface area contributed by atoms with E-state index in [1.807, 2.05) is 0 Å². The number of carboxylic acids is 1. The molecule has 3 aliphatic carbocycles. The molecule has 0 saturated heterocycles. The van der Waals surface area contributed by atoms with Crippen molar-refractivity contribution in [1.82, 2.24) is 0 Å². The summed E-state index contributed by atoms with van der Waals surface area (Å²) in [4.78, 5) is 10.8. The Kier molecular flexibility index (Phi) is 2.53. The van der Waals surface area contributed by atoms with Gasteiger partial charge in [-0.1, -0.05) is 6.92 Å². The Balaban J connectivity index is 2.05. The maximum Gasteiger partial charge on any atom is 0.303 e. The molecular formula is C12H21NO2. The second-order valence-electron chi connectivity index (χ2n) is 5.72. The van der Waals surface area contributed by atoms with Gasteiger partial charge in [-0.25, -0.2) is 0 Å². The van der Waals surface area contributed by atoms with Crippen LogP contribution in [0, 0.1) is 11.3 Å². The molecule has 0 aromatic heterocycles. The van der Waals surface area contributed by atoms with Gasteiger partial charge in [-0.2, -0.15) is 0 Å². The van der Waals surface area contributed by atoms with E-state index < -0.39 is 5.97 Å². The van der Waals surface area contributed by atoms with Crippen LogP contribution in [0.2, 0.25) is 0 Å². The standard InChI is InChI=1S/C12H21NO2/c1-9(8-10(14)15)11-2-5-12(13,6-3-11)7-4-11/h9H,2-8,13H2,1H3,(H,14,15)/t9-,11?,12?/m1/s1. The van der Waals surface area contributed by atoms with E-state index in [4.69, 9.17) is 10.8 Å². The summed E-state index contributed by atoms with van der Waals surface area (Å²) in [5, 5.41) is 8.86. The summed E-state index contributed by atoms with van der Waals surface area (Å²) in [5.74, 6) is -0.355. The Morgan fingerprint density at radius 1 is 1.27 bits per heavy atom. The maximum absolute atomic E-state index is 10.8. The van der Waals surface area contributed by atoms with Crippen molar-refractivity contribution in [2.75, 3.05) is 0 Å². The minimum Gasteiger partial charge on any atom is -0.481 e. The average molecular weight is 211 g/mol. The normalized spacial score (nSPS) is 41.5. The number of carboxylic acid groups (broad SMARTS) is 1. The van der Waals surface area contributed by atoms with Crippen molar-refractivity contribution in [2.24, 2.45) is 17.1 Å². The van der Waals surface area contributed by atoms with E-state index in [2.05, 4.69) is 6.92 Å². The van der Waals surface area contributed by atoms with Crippen LogP contribution in [0.15, 0.2) is 0 Å². The van der Waals surface area contributed by atoms with Crippen LogP contribution in [0.3, 0.4) is 0 Å². The Morgan fingerprint density at radius 3 is 2.13 bits per heavy atom. The molecule has 3 heteroatoms. The van der Waals surface area contributed by atoms with Crippen LogP contribution < -0.4 is 5.73 Å². The molecule has 3 fully saturated rings. The molecule has 3 nitrogen and oxygen atoms in total. The van der Waals surface area contributed by atoms with Gasteiger partial charge in [0.1, 0.15) is 0 Å². The number of fused-ring (bicyclic) bond motifs is 3. The van der Waals surface area contributed by atoms with Crippen molar-refractivity contribution in [1.29, 1.82) is 0 Å². The molecule has 3 N–H and O–H groups in total. The molecule has 2 bridgehead atoms. The van der Waals surface area contributed by atoms with E-state index in [1.165, 1.54) is 0 Å². The average Bonchev–Trinajstić information content (AvgIpc) is 2.18. The molecule has 15 heavy (non-hydrogen) atoms. The fourth-order valence-electron chi connectivity index (χ4n) is 3.46. The molecule has 1 atom stereocenters. The Hall–Kier alpha value is -0.570. The highest BCUT2D eigenvalue weighted by Crippen LogP contribution is 2.55. The van der Waals surface area contributed by atoms with Crippen LogP contribution in [-0.4, -0.2) is 16.6 Å². The molecule has 86 valence electrons. The number of carbonyl (C=O) groups is 1. The van der Waals surface area contributed by atoms with Gasteiger partial charge in [0.25, 0.3) is 0 Å². The first-order valence-electron chi connectivity index (χ1n) is 5.97. The van der Waals surface area contributed by atoms with Crippen molar-refractivity contribution < 1.29 is 9.90 Å². The largest absolute Gasteiger partial charge is 0.481 e. The molecule has 0 spiro atoms. The lowest BCUT2D eigenvalue weighted by atomic mass is 9.53. The Labute approximate surface area is 91.0 Å². The van der Waals surface area contributed by atoms with Gasteiger partial charge in [-0.3, -0.25) is 4.79 Å². The maximum atomic E-state index is 10.8. The minimum absolute atomic E-state index is 0.0880. The zero-order chi connectivity index (χ0) is 11.1. The molecule has 3 rings (SSSR count). The predicted octanol–water partition coefficient (Wildman–Crippen LogP) is 2.15. The molecular weight excluding hydrogens is 190 g/mol. The number of rotatable bonds is 3. The second-order valence-corrected chi connectivity index (χ2v) is 5.72. The second kappa shape index (κ2) is 3.48. The molecule has 0 aromatic rings. The summed E-state index contributed by atoms with van der Waals surface area (Å²) in [7, 11) is 0. The van der Waals surface area contributed by atoms with Crippen molar-refractivity contribution >= 4 is 5.97 Å². The summed E-state index contributed by atoms with van der Waals surface area (Å²) < 4.78 is 0. The zero-order valence-corrected chi connectivity index (χ0v) is 9.46. The van der Waals surface area contributed by atoms with Gasteiger partial charge in [0.05, 0.1) is 0 Å². The molecule has 3 aliphatic rings. The van der Waals surface area contributed by atoms with E-state index in [-0.39, 0.29) is 5.54 Å². The van der Waals surface area contributed by atoms with E-state index >= 15 is 0 Å². The van der Waals surface area contributed by atoms with Crippen LogP contribution in [0.25, 0.3) is 0 Å². The van der Waals surface area contributed by atoms with Crippen LogP contribution in [0.1, 0.15) is 51.9 Å². The Morgan fingerprint density at radius 2 is 1.73 bits per heavy atom. The molecule has 0 unspecified atom stereocenters. The number of hydrogen-bond donors (Lipinski definition) is 2. The highest BCUT2D eigenvalue weighted by Gasteiger charge is 2.49. The molecule has 0 aromatic carbocycles. The van der Waals surface area contributed by atoms with Crippen molar-refractivity contribution in [3.63, 3.8) is 0 Å². The summed E-state index contributed by atoms with van der Waals surface area (Å²) >= 11 is 0. The molecule has 0 heterocycles. The fourth-order valence-corrected chi connectivity index (χ4v) is 3.46. The third kappa shape index (κ3) is 1.89. The molecule has 3 saturated carbocycles. The predicted molar refractivity (Wildman–Crippen MR) is 58.5 cm³/mol. The van der Waals surface area contributed by atoms with Crippen LogP contribution in [0.5, 0.6) is 0 Å². The van der Waals surface area contributed by atoms with Gasteiger partial charge in [0.15, 0.2) is 0 Å². The van der Waals surface area contributed by atoms with Gasteiger partial charge >= 0.3 is 5.97 Å². The topological polar surface area (TPSA) is 63.3 Å². The van der Waals surface area contributed by atoms with Crippen LogP contribution >= 0.6 is 0 Å². The highest BCUT2D eigenvalue weighted by molar-refractivity contribution is 5.67.